The smallest absolute Gasteiger partial charge is 0.249 e. The van der Waals surface area contributed by atoms with Gasteiger partial charge in [0.2, 0.25) is 5.91 Å². The fourth-order valence-corrected chi connectivity index (χ4v) is 3.48. The summed E-state index contributed by atoms with van der Waals surface area (Å²) in [5, 5.41) is 7.40. The van der Waals surface area contributed by atoms with Gasteiger partial charge in [-0.05, 0) is 42.2 Å². The Kier molecular flexibility index (Phi) is 3.60. The van der Waals surface area contributed by atoms with Crippen LogP contribution < -0.4 is 5.32 Å². The van der Waals surface area contributed by atoms with E-state index in [1.165, 1.54) is 5.56 Å². The molecule has 0 saturated carbocycles. The Morgan fingerprint density at radius 2 is 2.47 bits per heavy atom. The van der Waals surface area contributed by atoms with Crippen LogP contribution in [0.25, 0.3) is 0 Å². The Morgan fingerprint density at radius 3 is 3.11 bits per heavy atom. The van der Waals surface area contributed by atoms with Gasteiger partial charge in [-0.1, -0.05) is 0 Å². The number of thiophene rings is 1. The largest absolute Gasteiger partial charge is 0.363 e. The second-order valence-corrected chi connectivity index (χ2v) is 6.42. The van der Waals surface area contributed by atoms with Gasteiger partial charge in [0.1, 0.15) is 6.61 Å². The maximum Gasteiger partial charge on any atom is 0.249 e. The molecule has 3 heterocycles. The lowest BCUT2D eigenvalue weighted by Crippen LogP contribution is -2.59. The van der Waals surface area contributed by atoms with Gasteiger partial charge < -0.3 is 15.0 Å². The minimum Gasteiger partial charge on any atom is -0.363 e. The summed E-state index contributed by atoms with van der Waals surface area (Å²) in [6.45, 7) is 4.80. The number of amides is 1. The third-order valence-electron chi connectivity index (χ3n) is 4.04. The summed E-state index contributed by atoms with van der Waals surface area (Å²) >= 11 is 1.69. The molecule has 0 bridgehead atoms. The van der Waals surface area contributed by atoms with Gasteiger partial charge in [0.05, 0.1) is 11.6 Å². The molecule has 3 rings (SSSR count). The van der Waals surface area contributed by atoms with E-state index in [0.717, 1.165) is 32.5 Å². The lowest BCUT2D eigenvalue weighted by molar-refractivity contribution is -0.146. The van der Waals surface area contributed by atoms with Gasteiger partial charge in [0.25, 0.3) is 0 Å². The summed E-state index contributed by atoms with van der Waals surface area (Å²) in [6, 6.07) is 2.38. The number of nitrogens with one attached hydrogen (secondary N) is 1. The number of nitrogens with zero attached hydrogens (tertiary/aromatic N) is 1. The van der Waals surface area contributed by atoms with Crippen molar-refractivity contribution in [2.45, 2.75) is 31.4 Å². The van der Waals surface area contributed by atoms with Crippen LogP contribution in [0.15, 0.2) is 16.8 Å². The van der Waals surface area contributed by atoms with Crippen LogP contribution in [0.3, 0.4) is 0 Å². The predicted octanol–water partition coefficient (Wildman–Crippen LogP) is 1.79. The summed E-state index contributed by atoms with van der Waals surface area (Å²) in [6.07, 6.45) is 2.16. The van der Waals surface area contributed by atoms with Crippen molar-refractivity contribution in [3.8, 4) is 0 Å². The Balaban J connectivity index is 1.59. The first-order valence-electron chi connectivity index (χ1n) is 6.84. The second-order valence-electron chi connectivity index (χ2n) is 5.64. The maximum atomic E-state index is 12.3. The van der Waals surface area contributed by atoms with Gasteiger partial charge in [-0.25, -0.2) is 0 Å². The standard InChI is InChI=1S/C14H20N2O2S/c1-14(9-15-10-14)18-7-13(17)16-5-2-3-12(16)11-4-6-19-8-11/h4,6,8,12,15H,2-3,5,7,9-10H2,1H3. The highest BCUT2D eigenvalue weighted by Crippen LogP contribution is 2.33. The molecule has 2 aliphatic rings. The molecule has 0 radical (unpaired) electrons. The van der Waals surface area contributed by atoms with E-state index in [0.29, 0.717) is 0 Å². The molecule has 5 heteroatoms. The van der Waals surface area contributed by atoms with E-state index in [-0.39, 0.29) is 24.2 Å². The van der Waals surface area contributed by atoms with Crippen LogP contribution in [0.5, 0.6) is 0 Å². The van der Waals surface area contributed by atoms with Crippen LogP contribution in [-0.2, 0) is 9.53 Å². The number of carbonyl (C=O) groups excluding carboxylic acids is 1. The van der Waals surface area contributed by atoms with E-state index < -0.39 is 0 Å². The molecule has 104 valence electrons. The molecule has 4 nitrogen and oxygen atoms in total. The first-order valence-corrected chi connectivity index (χ1v) is 7.78. The Bertz CT molecular complexity index is 442. The van der Waals surface area contributed by atoms with Gasteiger partial charge in [-0.15, -0.1) is 0 Å². The van der Waals surface area contributed by atoms with Crippen LogP contribution >= 0.6 is 11.3 Å². The number of hydrogen-bond donors (Lipinski definition) is 1. The van der Waals surface area contributed by atoms with Crippen LogP contribution in [0, 0.1) is 0 Å². The fraction of sp³-hybridized carbons (Fsp3) is 0.643. The van der Waals surface area contributed by atoms with Crippen LogP contribution in [0.2, 0.25) is 0 Å². The third-order valence-corrected chi connectivity index (χ3v) is 4.74. The van der Waals surface area contributed by atoms with Gasteiger partial charge in [-0.3, -0.25) is 4.79 Å². The van der Waals surface area contributed by atoms with Crippen molar-refractivity contribution < 1.29 is 9.53 Å². The second kappa shape index (κ2) is 5.23. The highest BCUT2D eigenvalue weighted by atomic mass is 32.1. The van der Waals surface area contributed by atoms with Gasteiger partial charge in [-0.2, -0.15) is 11.3 Å². The van der Waals surface area contributed by atoms with Gasteiger partial charge >= 0.3 is 0 Å². The molecule has 1 aromatic heterocycles. The Morgan fingerprint density at radius 1 is 1.63 bits per heavy atom. The van der Waals surface area contributed by atoms with Crippen LogP contribution in [0.1, 0.15) is 31.4 Å². The number of carbonyl (C=O) groups is 1. The van der Waals surface area contributed by atoms with Crippen molar-refractivity contribution in [2.24, 2.45) is 0 Å². The average Bonchev–Trinajstić information content (AvgIpc) is 3.02. The molecule has 2 aliphatic heterocycles. The summed E-state index contributed by atoms with van der Waals surface area (Å²) in [4.78, 5) is 14.3. The van der Waals surface area contributed by atoms with E-state index in [4.69, 9.17) is 4.74 Å². The minimum absolute atomic E-state index is 0.127. The average molecular weight is 280 g/mol. The molecular weight excluding hydrogens is 260 g/mol. The van der Waals surface area contributed by atoms with Crippen LogP contribution in [-0.4, -0.2) is 42.6 Å². The minimum atomic E-state index is -0.146. The predicted molar refractivity (Wildman–Crippen MR) is 75.2 cm³/mol. The molecule has 1 amide bonds. The molecule has 1 N–H and O–H groups in total. The molecule has 0 spiro atoms. The van der Waals surface area contributed by atoms with E-state index in [1.54, 1.807) is 11.3 Å². The van der Waals surface area contributed by atoms with Crippen molar-refractivity contribution in [3.05, 3.63) is 22.4 Å². The SMILES string of the molecule is CC1(OCC(=O)N2CCCC2c2ccsc2)CNC1. The summed E-state index contributed by atoms with van der Waals surface area (Å²) in [5.41, 5.74) is 1.13. The number of likely N-dealkylation sites (tertiary alicyclic amines) is 1. The quantitative estimate of drug-likeness (QED) is 0.914. The maximum absolute atomic E-state index is 12.3. The highest BCUT2D eigenvalue weighted by Gasteiger charge is 2.35. The highest BCUT2D eigenvalue weighted by molar-refractivity contribution is 7.07. The van der Waals surface area contributed by atoms with Gasteiger partial charge in [0.15, 0.2) is 0 Å². The van der Waals surface area contributed by atoms with Crippen LogP contribution in [0.4, 0.5) is 0 Å². The zero-order valence-corrected chi connectivity index (χ0v) is 12.0. The first kappa shape index (κ1) is 13.1. The molecule has 0 aliphatic carbocycles. The van der Waals surface area contributed by atoms with Gasteiger partial charge in [0, 0.05) is 19.6 Å². The lowest BCUT2D eigenvalue weighted by Gasteiger charge is -2.39. The number of rotatable bonds is 4. The van der Waals surface area contributed by atoms with Crippen molar-refractivity contribution in [3.63, 3.8) is 0 Å². The number of ether oxygens (including phenoxy) is 1. The molecule has 2 saturated heterocycles. The van der Waals surface area contributed by atoms with E-state index in [9.17, 15) is 4.79 Å². The van der Waals surface area contributed by atoms with E-state index in [2.05, 4.69) is 29.1 Å². The summed E-state index contributed by atoms with van der Waals surface area (Å²) < 4.78 is 5.75. The Hall–Kier alpha value is -0.910. The Labute approximate surface area is 117 Å². The monoisotopic (exact) mass is 280 g/mol. The van der Waals surface area contributed by atoms with E-state index >= 15 is 0 Å². The summed E-state index contributed by atoms with van der Waals surface area (Å²) in [7, 11) is 0. The molecule has 1 unspecified atom stereocenters. The lowest BCUT2D eigenvalue weighted by atomic mass is 10.0. The summed E-state index contributed by atoms with van der Waals surface area (Å²) in [5.74, 6) is 0.127. The molecule has 0 aromatic carbocycles. The fourth-order valence-electron chi connectivity index (χ4n) is 2.77. The van der Waals surface area contributed by atoms with Crippen molar-refractivity contribution in [2.75, 3.05) is 26.2 Å². The number of hydrogen-bond acceptors (Lipinski definition) is 4. The molecule has 2 fully saturated rings. The zero-order chi connectivity index (χ0) is 13.3. The van der Waals surface area contributed by atoms with E-state index in [1.807, 2.05) is 4.90 Å². The van der Waals surface area contributed by atoms with Crippen molar-refractivity contribution in [1.29, 1.82) is 0 Å². The molecule has 1 atom stereocenters. The normalized spacial score (nSPS) is 25.3. The van der Waals surface area contributed by atoms with Crippen molar-refractivity contribution >= 4 is 17.2 Å². The molecule has 1 aromatic rings. The first-order chi connectivity index (χ1) is 9.18. The molecule has 19 heavy (non-hydrogen) atoms. The van der Waals surface area contributed by atoms with Crippen molar-refractivity contribution in [1.82, 2.24) is 10.2 Å². The third kappa shape index (κ3) is 2.68. The topological polar surface area (TPSA) is 41.6 Å². The molecular formula is C14H20N2O2S. The zero-order valence-electron chi connectivity index (χ0n) is 11.2.